The first-order valence-corrected chi connectivity index (χ1v) is 9.78. The monoisotopic (exact) mass is 357 g/mol. The number of nitrogens with one attached hydrogen (secondary N) is 2. The molecule has 26 heavy (non-hydrogen) atoms. The largest absolute Gasteiger partial charge is 0.356 e. The highest BCUT2D eigenvalue weighted by Crippen LogP contribution is 2.11. The minimum atomic E-state index is 0.507. The lowest BCUT2D eigenvalue weighted by Gasteiger charge is -2.33. The zero-order valence-corrected chi connectivity index (χ0v) is 16.0. The van der Waals surface area contributed by atoms with Gasteiger partial charge < -0.3 is 15.5 Å². The molecule has 0 amide bonds. The number of pyridine rings is 1. The molecule has 0 atom stereocenters. The van der Waals surface area contributed by atoms with Gasteiger partial charge in [-0.1, -0.05) is 19.4 Å². The predicted octanol–water partition coefficient (Wildman–Crippen LogP) is 1.70. The fraction of sp³-hybridized carbons (Fsp3) is 0.632. The zero-order chi connectivity index (χ0) is 18.2. The molecule has 2 N–H and O–H groups in total. The Morgan fingerprint density at radius 2 is 2.12 bits per heavy atom. The van der Waals surface area contributed by atoms with Crippen molar-refractivity contribution in [2.75, 3.05) is 33.2 Å². The number of aliphatic imine (C=N–C) groups is 1. The van der Waals surface area contributed by atoms with Crippen molar-refractivity contribution in [1.29, 1.82) is 0 Å². The van der Waals surface area contributed by atoms with Crippen LogP contribution in [0.2, 0.25) is 0 Å². The Kier molecular flexibility index (Phi) is 6.82. The lowest BCUT2D eigenvalue weighted by Crippen LogP contribution is -2.49. The standard InChI is InChI=1S/C19H31N7/c1-3-4-12-25-14-9-16(10-15-25)22-19(20-2)21-11-8-18-24-23-17-7-5-6-13-26(17)18/h5-7,13,16H,3-4,8-12,14-15H2,1-2H3,(H2,20,21,22). The van der Waals surface area contributed by atoms with E-state index in [9.17, 15) is 0 Å². The summed E-state index contributed by atoms with van der Waals surface area (Å²) in [5.41, 5.74) is 0.889. The van der Waals surface area contributed by atoms with Crippen molar-refractivity contribution in [3.05, 3.63) is 30.2 Å². The normalized spacial score (nSPS) is 16.9. The van der Waals surface area contributed by atoms with Gasteiger partial charge in [0.1, 0.15) is 5.82 Å². The van der Waals surface area contributed by atoms with Crippen LogP contribution in [0.3, 0.4) is 0 Å². The molecule has 0 unspecified atom stereocenters. The molecule has 7 heteroatoms. The third-order valence-electron chi connectivity index (χ3n) is 5.01. The van der Waals surface area contributed by atoms with Gasteiger partial charge in [-0.05, 0) is 37.9 Å². The third-order valence-corrected chi connectivity index (χ3v) is 5.01. The van der Waals surface area contributed by atoms with E-state index < -0.39 is 0 Å². The van der Waals surface area contributed by atoms with Crippen LogP contribution in [-0.4, -0.2) is 64.7 Å². The quantitative estimate of drug-likeness (QED) is 0.583. The van der Waals surface area contributed by atoms with E-state index in [-0.39, 0.29) is 0 Å². The molecule has 1 fully saturated rings. The summed E-state index contributed by atoms with van der Waals surface area (Å²) in [6.45, 7) is 6.64. The van der Waals surface area contributed by atoms with Crippen LogP contribution in [-0.2, 0) is 6.42 Å². The van der Waals surface area contributed by atoms with Crippen LogP contribution in [0.15, 0.2) is 29.4 Å². The first-order valence-electron chi connectivity index (χ1n) is 9.78. The lowest BCUT2D eigenvalue weighted by atomic mass is 10.0. The van der Waals surface area contributed by atoms with Crippen LogP contribution in [0.5, 0.6) is 0 Å². The fourth-order valence-corrected chi connectivity index (χ4v) is 3.42. The summed E-state index contributed by atoms with van der Waals surface area (Å²) in [7, 11) is 1.83. The smallest absolute Gasteiger partial charge is 0.191 e. The molecule has 3 rings (SSSR count). The molecule has 2 aromatic heterocycles. The van der Waals surface area contributed by atoms with Gasteiger partial charge in [-0.15, -0.1) is 10.2 Å². The fourth-order valence-electron chi connectivity index (χ4n) is 3.42. The van der Waals surface area contributed by atoms with Gasteiger partial charge >= 0.3 is 0 Å². The van der Waals surface area contributed by atoms with Crippen LogP contribution >= 0.6 is 0 Å². The zero-order valence-electron chi connectivity index (χ0n) is 16.0. The third kappa shape index (κ3) is 4.94. The summed E-state index contributed by atoms with van der Waals surface area (Å²) in [4.78, 5) is 6.95. The van der Waals surface area contributed by atoms with Crippen LogP contribution < -0.4 is 10.6 Å². The number of hydrogen-bond acceptors (Lipinski definition) is 4. The molecule has 0 saturated carbocycles. The summed E-state index contributed by atoms with van der Waals surface area (Å²) in [6, 6.07) is 6.46. The highest BCUT2D eigenvalue weighted by atomic mass is 15.3. The summed E-state index contributed by atoms with van der Waals surface area (Å²) >= 11 is 0. The average molecular weight is 358 g/mol. The maximum Gasteiger partial charge on any atom is 0.191 e. The van der Waals surface area contributed by atoms with E-state index in [2.05, 4.69) is 37.6 Å². The first-order chi connectivity index (χ1) is 12.8. The highest BCUT2D eigenvalue weighted by Gasteiger charge is 2.19. The molecule has 0 spiro atoms. The molecule has 0 radical (unpaired) electrons. The van der Waals surface area contributed by atoms with Gasteiger partial charge in [-0.25, -0.2) is 0 Å². The van der Waals surface area contributed by atoms with E-state index >= 15 is 0 Å². The van der Waals surface area contributed by atoms with Gasteiger partial charge in [0, 0.05) is 45.3 Å². The van der Waals surface area contributed by atoms with E-state index in [1.165, 1.54) is 45.3 Å². The number of aromatic nitrogens is 3. The van der Waals surface area contributed by atoms with Gasteiger partial charge in [0.15, 0.2) is 11.6 Å². The van der Waals surface area contributed by atoms with E-state index in [0.717, 1.165) is 30.4 Å². The number of likely N-dealkylation sites (tertiary alicyclic amines) is 1. The maximum absolute atomic E-state index is 4.37. The van der Waals surface area contributed by atoms with Crippen molar-refractivity contribution in [3.8, 4) is 0 Å². The van der Waals surface area contributed by atoms with E-state index in [1.54, 1.807) is 0 Å². The van der Waals surface area contributed by atoms with Crippen molar-refractivity contribution >= 4 is 11.6 Å². The number of rotatable bonds is 7. The molecule has 0 aromatic carbocycles. The number of hydrogen-bond donors (Lipinski definition) is 2. The number of fused-ring (bicyclic) bond motifs is 1. The van der Waals surface area contributed by atoms with Crippen LogP contribution in [0.4, 0.5) is 0 Å². The molecule has 1 saturated heterocycles. The first kappa shape index (κ1) is 18.6. The molecule has 1 aliphatic heterocycles. The predicted molar refractivity (Wildman–Crippen MR) is 106 cm³/mol. The molecular weight excluding hydrogens is 326 g/mol. The van der Waals surface area contributed by atoms with Crippen molar-refractivity contribution < 1.29 is 0 Å². The Labute approximate surface area is 155 Å². The highest BCUT2D eigenvalue weighted by molar-refractivity contribution is 5.79. The maximum atomic E-state index is 4.37. The van der Waals surface area contributed by atoms with Gasteiger partial charge in [-0.2, -0.15) is 0 Å². The SMILES string of the molecule is CCCCN1CCC(NC(=NC)NCCc2nnc3ccccn23)CC1. The van der Waals surface area contributed by atoms with Gasteiger partial charge in [0.25, 0.3) is 0 Å². The summed E-state index contributed by atoms with van der Waals surface area (Å²) in [5, 5.41) is 15.4. The van der Waals surface area contributed by atoms with Crippen LogP contribution in [0.25, 0.3) is 5.65 Å². The molecule has 0 aliphatic carbocycles. The summed E-state index contributed by atoms with van der Waals surface area (Å²) in [5.74, 6) is 1.85. The summed E-state index contributed by atoms with van der Waals surface area (Å²) < 4.78 is 2.03. The lowest BCUT2D eigenvalue weighted by molar-refractivity contribution is 0.203. The Morgan fingerprint density at radius 3 is 2.88 bits per heavy atom. The minimum Gasteiger partial charge on any atom is -0.356 e. The van der Waals surface area contributed by atoms with Gasteiger partial charge in [-0.3, -0.25) is 9.39 Å². The summed E-state index contributed by atoms with van der Waals surface area (Å²) in [6.07, 6.45) is 7.75. The van der Waals surface area contributed by atoms with Gasteiger partial charge in [0.05, 0.1) is 0 Å². The van der Waals surface area contributed by atoms with Crippen molar-refractivity contribution in [2.45, 2.75) is 45.1 Å². The molecule has 3 heterocycles. The van der Waals surface area contributed by atoms with E-state index in [1.807, 2.05) is 35.8 Å². The number of guanidine groups is 1. The number of piperidine rings is 1. The number of nitrogens with zero attached hydrogens (tertiary/aromatic N) is 5. The molecule has 0 bridgehead atoms. The second-order valence-corrected chi connectivity index (χ2v) is 6.91. The molecular formula is C19H31N7. The topological polar surface area (TPSA) is 69.8 Å². The average Bonchev–Trinajstić information content (AvgIpc) is 3.10. The van der Waals surface area contributed by atoms with Crippen LogP contribution in [0.1, 0.15) is 38.4 Å². The Morgan fingerprint density at radius 1 is 1.27 bits per heavy atom. The second-order valence-electron chi connectivity index (χ2n) is 6.91. The Hall–Kier alpha value is -2.15. The Bertz CT molecular complexity index is 701. The van der Waals surface area contributed by atoms with Crippen molar-refractivity contribution in [2.24, 2.45) is 4.99 Å². The van der Waals surface area contributed by atoms with Crippen molar-refractivity contribution in [3.63, 3.8) is 0 Å². The minimum absolute atomic E-state index is 0.507. The Balaban J connectivity index is 1.41. The van der Waals surface area contributed by atoms with E-state index in [4.69, 9.17) is 0 Å². The molecule has 2 aromatic rings. The van der Waals surface area contributed by atoms with Crippen molar-refractivity contribution in [1.82, 2.24) is 30.1 Å². The van der Waals surface area contributed by atoms with Crippen LogP contribution in [0, 0.1) is 0 Å². The van der Waals surface area contributed by atoms with E-state index in [0.29, 0.717) is 6.04 Å². The second kappa shape index (κ2) is 9.52. The number of unbranched alkanes of at least 4 members (excludes halogenated alkanes) is 1. The van der Waals surface area contributed by atoms with Gasteiger partial charge in [0.2, 0.25) is 0 Å². The molecule has 1 aliphatic rings. The molecule has 142 valence electrons. The molecule has 7 nitrogen and oxygen atoms in total.